The van der Waals surface area contributed by atoms with E-state index in [1.54, 1.807) is 4.90 Å². The minimum absolute atomic E-state index is 0.00670. The van der Waals surface area contributed by atoms with Crippen LogP contribution in [-0.2, 0) is 9.59 Å². The summed E-state index contributed by atoms with van der Waals surface area (Å²) < 4.78 is 0. The topological polar surface area (TPSA) is 81.4 Å². The SMILES string of the molecule is N#CC1(C(=O)N2CCC[C@@H]2CC(=O)O)CCCC1. The number of carbonyl (C=O) groups is 2. The third-order valence-electron chi connectivity index (χ3n) is 4.13. The molecule has 1 saturated heterocycles. The van der Waals surface area contributed by atoms with Gasteiger partial charge < -0.3 is 10.0 Å². The van der Waals surface area contributed by atoms with Gasteiger partial charge in [-0.1, -0.05) is 12.8 Å². The summed E-state index contributed by atoms with van der Waals surface area (Å²) in [6.07, 6.45) is 4.64. The van der Waals surface area contributed by atoms with Crippen LogP contribution in [0.15, 0.2) is 0 Å². The highest BCUT2D eigenvalue weighted by molar-refractivity contribution is 5.86. The molecule has 1 atom stereocenters. The van der Waals surface area contributed by atoms with Crippen LogP contribution < -0.4 is 0 Å². The van der Waals surface area contributed by atoms with E-state index in [1.165, 1.54) is 0 Å². The molecule has 0 aromatic rings. The molecule has 1 amide bonds. The van der Waals surface area contributed by atoms with Gasteiger partial charge in [-0.15, -0.1) is 0 Å². The van der Waals surface area contributed by atoms with Crippen molar-refractivity contribution in [1.82, 2.24) is 4.90 Å². The highest BCUT2D eigenvalue weighted by Gasteiger charge is 2.46. The highest BCUT2D eigenvalue weighted by Crippen LogP contribution is 2.40. The Balaban J connectivity index is 2.12. The molecule has 1 aliphatic carbocycles. The van der Waals surface area contributed by atoms with E-state index in [0.29, 0.717) is 19.4 Å². The Labute approximate surface area is 106 Å². The second-order valence-electron chi connectivity index (χ2n) is 5.29. The van der Waals surface area contributed by atoms with Crippen molar-refractivity contribution in [2.45, 2.75) is 51.0 Å². The van der Waals surface area contributed by atoms with Gasteiger partial charge in [-0.3, -0.25) is 9.59 Å². The van der Waals surface area contributed by atoms with Crippen LogP contribution in [0.5, 0.6) is 0 Å². The van der Waals surface area contributed by atoms with Gasteiger partial charge in [0.2, 0.25) is 5.91 Å². The molecule has 2 rings (SSSR count). The number of nitrogens with zero attached hydrogens (tertiary/aromatic N) is 2. The summed E-state index contributed by atoms with van der Waals surface area (Å²) in [5, 5.41) is 18.2. The maximum atomic E-state index is 12.5. The van der Waals surface area contributed by atoms with Crippen LogP contribution in [-0.4, -0.2) is 34.5 Å². The number of rotatable bonds is 3. The Morgan fingerprint density at radius 3 is 2.56 bits per heavy atom. The Morgan fingerprint density at radius 1 is 1.33 bits per heavy atom. The lowest BCUT2D eigenvalue weighted by Crippen LogP contribution is -2.45. The first kappa shape index (κ1) is 12.9. The minimum Gasteiger partial charge on any atom is -0.481 e. The zero-order valence-electron chi connectivity index (χ0n) is 10.4. The molecule has 2 fully saturated rings. The molecular formula is C13H18N2O3. The van der Waals surface area contributed by atoms with Crippen molar-refractivity contribution >= 4 is 11.9 Å². The van der Waals surface area contributed by atoms with Crippen LogP contribution in [0.2, 0.25) is 0 Å². The average molecular weight is 250 g/mol. The Morgan fingerprint density at radius 2 is 2.00 bits per heavy atom. The molecular weight excluding hydrogens is 232 g/mol. The molecule has 0 spiro atoms. The van der Waals surface area contributed by atoms with E-state index in [9.17, 15) is 14.9 Å². The average Bonchev–Trinajstić information content (AvgIpc) is 2.96. The van der Waals surface area contributed by atoms with E-state index in [2.05, 4.69) is 6.07 Å². The molecule has 1 N–H and O–H groups in total. The van der Waals surface area contributed by atoms with Crippen molar-refractivity contribution < 1.29 is 14.7 Å². The van der Waals surface area contributed by atoms with E-state index in [4.69, 9.17) is 5.11 Å². The third-order valence-corrected chi connectivity index (χ3v) is 4.13. The van der Waals surface area contributed by atoms with E-state index in [-0.39, 0.29) is 18.4 Å². The largest absolute Gasteiger partial charge is 0.481 e. The number of carboxylic acid groups (broad SMARTS) is 1. The first-order valence-corrected chi connectivity index (χ1v) is 6.53. The monoisotopic (exact) mass is 250 g/mol. The molecule has 0 aromatic heterocycles. The molecule has 0 unspecified atom stereocenters. The summed E-state index contributed by atoms with van der Waals surface area (Å²) >= 11 is 0. The van der Waals surface area contributed by atoms with Crippen LogP contribution in [0.1, 0.15) is 44.9 Å². The molecule has 5 nitrogen and oxygen atoms in total. The molecule has 0 bridgehead atoms. The summed E-state index contributed by atoms with van der Waals surface area (Å²) in [6, 6.07) is 1.97. The summed E-state index contributed by atoms with van der Waals surface area (Å²) in [5.41, 5.74) is -0.874. The van der Waals surface area contributed by atoms with Crippen molar-refractivity contribution in [3.63, 3.8) is 0 Å². The standard InChI is InChI=1S/C13H18N2O3/c14-9-13(5-1-2-6-13)12(18)15-7-3-4-10(15)8-11(16)17/h10H,1-8H2,(H,16,17)/t10-/m1/s1. The van der Waals surface area contributed by atoms with Crippen LogP contribution in [0.3, 0.4) is 0 Å². The molecule has 5 heteroatoms. The van der Waals surface area contributed by atoms with Crippen LogP contribution >= 0.6 is 0 Å². The summed E-state index contributed by atoms with van der Waals surface area (Å²) in [7, 11) is 0. The van der Waals surface area contributed by atoms with Crippen molar-refractivity contribution in [1.29, 1.82) is 5.26 Å². The van der Waals surface area contributed by atoms with E-state index < -0.39 is 11.4 Å². The zero-order chi connectivity index (χ0) is 13.2. The molecule has 2 aliphatic rings. The molecule has 1 saturated carbocycles. The second kappa shape index (κ2) is 4.97. The number of carbonyl (C=O) groups excluding carboxylic acids is 1. The predicted octanol–water partition coefficient (Wildman–Crippen LogP) is 1.54. The third kappa shape index (κ3) is 2.20. The van der Waals surface area contributed by atoms with Gasteiger partial charge in [-0.2, -0.15) is 5.26 Å². The number of aliphatic carboxylic acids is 1. The fourth-order valence-corrected chi connectivity index (χ4v) is 3.14. The van der Waals surface area contributed by atoms with Gasteiger partial charge in [0, 0.05) is 12.6 Å². The van der Waals surface area contributed by atoms with E-state index in [0.717, 1.165) is 25.7 Å². The maximum Gasteiger partial charge on any atom is 0.305 e. The first-order chi connectivity index (χ1) is 8.59. The number of nitriles is 1. The van der Waals surface area contributed by atoms with Crippen LogP contribution in [0, 0.1) is 16.7 Å². The Kier molecular flexibility index (Phi) is 3.55. The van der Waals surface area contributed by atoms with Crippen molar-refractivity contribution in [2.75, 3.05) is 6.54 Å². The Hall–Kier alpha value is -1.57. The summed E-state index contributed by atoms with van der Waals surface area (Å²) in [4.78, 5) is 24.9. The van der Waals surface area contributed by atoms with Crippen LogP contribution in [0.25, 0.3) is 0 Å². The molecule has 0 radical (unpaired) electrons. The molecule has 1 aliphatic heterocycles. The number of hydrogen-bond donors (Lipinski definition) is 1. The van der Waals surface area contributed by atoms with Gasteiger partial charge in [0.15, 0.2) is 0 Å². The number of amides is 1. The zero-order valence-corrected chi connectivity index (χ0v) is 10.4. The first-order valence-electron chi connectivity index (χ1n) is 6.53. The molecule has 1 heterocycles. The number of hydrogen-bond acceptors (Lipinski definition) is 3. The van der Waals surface area contributed by atoms with Gasteiger partial charge in [0.05, 0.1) is 12.5 Å². The fourth-order valence-electron chi connectivity index (χ4n) is 3.14. The lowest BCUT2D eigenvalue weighted by atomic mass is 9.86. The quantitative estimate of drug-likeness (QED) is 0.823. The summed E-state index contributed by atoms with van der Waals surface area (Å²) in [6.45, 7) is 0.597. The van der Waals surface area contributed by atoms with Gasteiger partial charge >= 0.3 is 5.97 Å². The van der Waals surface area contributed by atoms with Gasteiger partial charge in [0.1, 0.15) is 5.41 Å². The van der Waals surface area contributed by atoms with E-state index in [1.807, 2.05) is 0 Å². The second-order valence-corrected chi connectivity index (χ2v) is 5.29. The highest BCUT2D eigenvalue weighted by atomic mass is 16.4. The lowest BCUT2D eigenvalue weighted by Gasteiger charge is -2.30. The summed E-state index contributed by atoms with van der Waals surface area (Å²) in [5.74, 6) is -1.01. The fraction of sp³-hybridized carbons (Fsp3) is 0.769. The predicted molar refractivity (Wildman–Crippen MR) is 63.5 cm³/mol. The maximum absolute atomic E-state index is 12.5. The molecule has 18 heavy (non-hydrogen) atoms. The molecule has 0 aromatic carbocycles. The van der Waals surface area contributed by atoms with Gasteiger partial charge in [0.25, 0.3) is 0 Å². The Bertz CT molecular complexity index is 394. The smallest absolute Gasteiger partial charge is 0.305 e. The van der Waals surface area contributed by atoms with Gasteiger partial charge in [-0.05, 0) is 25.7 Å². The minimum atomic E-state index is -0.878. The number of likely N-dealkylation sites (tertiary alicyclic amines) is 1. The molecule has 98 valence electrons. The normalized spacial score (nSPS) is 25.9. The van der Waals surface area contributed by atoms with Crippen molar-refractivity contribution in [3.8, 4) is 6.07 Å². The van der Waals surface area contributed by atoms with Crippen molar-refractivity contribution in [2.24, 2.45) is 5.41 Å². The van der Waals surface area contributed by atoms with Crippen LogP contribution in [0.4, 0.5) is 0 Å². The lowest BCUT2D eigenvalue weighted by molar-refractivity contribution is -0.143. The van der Waals surface area contributed by atoms with Crippen molar-refractivity contribution in [3.05, 3.63) is 0 Å². The van der Waals surface area contributed by atoms with Gasteiger partial charge in [-0.25, -0.2) is 0 Å². The van der Waals surface area contributed by atoms with E-state index >= 15 is 0 Å². The number of carboxylic acids is 1.